The minimum atomic E-state index is -3.77. The minimum Gasteiger partial charge on any atom is -0.419 e. The lowest BCUT2D eigenvalue weighted by molar-refractivity contribution is -0.465. The maximum absolute atomic E-state index is 11.8. The molecule has 0 aliphatic carbocycles. The predicted octanol–water partition coefficient (Wildman–Crippen LogP) is -4.80. The van der Waals surface area contributed by atoms with Gasteiger partial charge in [-0.05, 0) is 0 Å². The molecule has 2 saturated heterocycles. The first-order chi connectivity index (χ1) is 10.5. The first-order valence-electron chi connectivity index (χ1n) is 6.29. The van der Waals surface area contributed by atoms with Crippen LogP contribution in [0.2, 0.25) is 0 Å². The van der Waals surface area contributed by atoms with E-state index in [9.17, 15) is 39.9 Å². The molecule has 2 aliphatic rings. The molecule has 130 valence electrons. The summed E-state index contributed by atoms with van der Waals surface area (Å²) in [6, 6.07) is 0. The van der Waals surface area contributed by atoms with Gasteiger partial charge in [0, 0.05) is 0 Å². The molecule has 0 aromatic heterocycles. The summed E-state index contributed by atoms with van der Waals surface area (Å²) in [5, 5.41) is 58.4. The number of fused-ring (bicyclic) bond motifs is 3. The van der Waals surface area contributed by atoms with Gasteiger partial charge in [-0.2, -0.15) is 0 Å². The second kappa shape index (κ2) is 5.36. The van der Waals surface area contributed by atoms with Crippen LogP contribution in [0.3, 0.4) is 0 Å². The van der Waals surface area contributed by atoms with Crippen LogP contribution in [0.15, 0.2) is 0 Å². The van der Waals surface area contributed by atoms with Gasteiger partial charge in [0.1, 0.15) is 6.10 Å². The van der Waals surface area contributed by atoms with Crippen molar-refractivity contribution in [2.75, 3.05) is 6.61 Å². The van der Waals surface area contributed by atoms with Crippen molar-refractivity contribution in [2.24, 2.45) is 0 Å². The van der Waals surface area contributed by atoms with Gasteiger partial charge in [0.05, 0.1) is 19.4 Å². The highest BCUT2D eigenvalue weighted by molar-refractivity contribution is 5.92. The third kappa shape index (κ3) is 2.65. The largest absolute Gasteiger partial charge is 0.446 e. The summed E-state index contributed by atoms with van der Waals surface area (Å²) >= 11 is 0. The number of esters is 3. The predicted molar refractivity (Wildman–Crippen MR) is 61.5 cm³/mol. The number of carbonyl (C=O) groups excluding carboxylic acids is 3. The molecular weight excluding hydrogens is 324 g/mol. The van der Waals surface area contributed by atoms with Crippen LogP contribution in [0.25, 0.3) is 0 Å². The summed E-state index contributed by atoms with van der Waals surface area (Å²) in [6.07, 6.45) is -7.10. The zero-order chi connectivity index (χ0) is 17.6. The van der Waals surface area contributed by atoms with E-state index in [-0.39, 0.29) is 0 Å². The van der Waals surface area contributed by atoms with E-state index in [4.69, 9.17) is 5.11 Å². The average Bonchev–Trinajstić information content (AvgIpc) is 2.49. The van der Waals surface area contributed by atoms with Crippen LogP contribution in [0, 0.1) is 0 Å². The molecule has 0 aromatic rings. The van der Waals surface area contributed by atoms with E-state index in [2.05, 4.69) is 14.2 Å². The van der Waals surface area contributed by atoms with Crippen LogP contribution in [-0.2, 0) is 28.6 Å². The molecular formula is C11H14O12. The van der Waals surface area contributed by atoms with Crippen molar-refractivity contribution in [3.63, 3.8) is 0 Å². The Bertz CT molecular complexity index is 547. The highest BCUT2D eigenvalue weighted by Crippen LogP contribution is 2.40. The molecule has 2 unspecified atom stereocenters. The SMILES string of the molecule is O=C1CC2(O)CC(=O)O[C@@](O)([C@H](O)[C@H](O)CO)C(O)(O1)OC2=O. The van der Waals surface area contributed by atoms with Crippen molar-refractivity contribution in [3.8, 4) is 0 Å². The number of ether oxygens (including phenoxy) is 3. The topological polar surface area (TPSA) is 200 Å². The van der Waals surface area contributed by atoms with Crippen molar-refractivity contribution in [3.05, 3.63) is 0 Å². The van der Waals surface area contributed by atoms with Crippen LogP contribution in [-0.4, -0.2) is 84.7 Å². The fraction of sp³-hybridized carbons (Fsp3) is 0.727. The fourth-order valence-electron chi connectivity index (χ4n) is 2.14. The summed E-state index contributed by atoms with van der Waals surface area (Å²) in [7, 11) is 0. The summed E-state index contributed by atoms with van der Waals surface area (Å²) in [6.45, 7) is -1.16. The molecule has 0 saturated carbocycles. The maximum Gasteiger partial charge on any atom is 0.446 e. The summed E-state index contributed by atoms with van der Waals surface area (Å²) in [5.74, 6) is -12.1. The lowest BCUT2D eigenvalue weighted by Crippen LogP contribution is -2.70. The quantitative estimate of drug-likeness (QED) is 0.269. The monoisotopic (exact) mass is 338 g/mol. The molecule has 2 rings (SSSR count). The Kier molecular flexibility index (Phi) is 4.09. The standard InChI is InChI=1S/C11H14O12/c12-3-4(13)7(16)10(19)11(20)22-6(15)2-9(18,8(17)23-11)1-5(14)21-10/h4,7,12-13,16,18-20H,1-3H2/t4-,7-,9?,10+,11?/m1/s1. The van der Waals surface area contributed by atoms with Gasteiger partial charge in [-0.25, -0.2) is 4.79 Å². The number of hydrogen-bond donors (Lipinski definition) is 6. The van der Waals surface area contributed by atoms with E-state index in [1.165, 1.54) is 0 Å². The number of cyclic esters (lactones) is 1. The third-order valence-corrected chi connectivity index (χ3v) is 3.41. The zero-order valence-corrected chi connectivity index (χ0v) is 11.4. The number of carbonyl (C=O) groups is 3. The van der Waals surface area contributed by atoms with Gasteiger partial charge in [-0.1, -0.05) is 0 Å². The molecule has 0 spiro atoms. The Morgan fingerprint density at radius 3 is 2.00 bits per heavy atom. The second-order valence-corrected chi connectivity index (χ2v) is 5.20. The Hall–Kier alpha value is -1.83. The van der Waals surface area contributed by atoms with Gasteiger partial charge in [-0.3, -0.25) is 9.59 Å². The third-order valence-electron chi connectivity index (χ3n) is 3.41. The Labute approximate surface area is 127 Å². The molecule has 0 amide bonds. The van der Waals surface area contributed by atoms with E-state index in [1.807, 2.05) is 0 Å². The molecule has 2 heterocycles. The molecule has 2 bridgehead atoms. The Morgan fingerprint density at radius 1 is 0.957 bits per heavy atom. The van der Waals surface area contributed by atoms with Crippen LogP contribution in [0.1, 0.15) is 12.8 Å². The molecule has 5 atom stereocenters. The normalized spacial score (nSPS) is 40.2. The Morgan fingerprint density at radius 2 is 1.48 bits per heavy atom. The van der Waals surface area contributed by atoms with Gasteiger partial charge < -0.3 is 44.8 Å². The molecule has 0 aromatic carbocycles. The molecule has 6 N–H and O–H groups in total. The number of hydrogen-bond acceptors (Lipinski definition) is 12. The number of rotatable bonds is 3. The van der Waals surface area contributed by atoms with Gasteiger partial charge in [-0.15, -0.1) is 0 Å². The van der Waals surface area contributed by atoms with Crippen molar-refractivity contribution >= 4 is 17.9 Å². The van der Waals surface area contributed by atoms with Crippen molar-refractivity contribution in [1.82, 2.24) is 0 Å². The van der Waals surface area contributed by atoms with Crippen molar-refractivity contribution in [1.29, 1.82) is 0 Å². The summed E-state index contributed by atoms with van der Waals surface area (Å²) in [4.78, 5) is 35.2. The lowest BCUT2D eigenvalue weighted by Gasteiger charge is -2.43. The highest BCUT2D eigenvalue weighted by Gasteiger charge is 2.71. The summed E-state index contributed by atoms with van der Waals surface area (Å²) in [5.41, 5.74) is -2.71. The van der Waals surface area contributed by atoms with E-state index in [1.54, 1.807) is 0 Å². The number of aliphatic hydroxyl groups excluding tert-OH is 3. The average molecular weight is 338 g/mol. The highest BCUT2D eigenvalue weighted by atomic mass is 16.9. The van der Waals surface area contributed by atoms with Crippen molar-refractivity contribution in [2.45, 2.75) is 42.4 Å². The Balaban J connectivity index is 2.58. The smallest absolute Gasteiger partial charge is 0.419 e. The van der Waals surface area contributed by atoms with E-state index in [0.717, 1.165) is 0 Å². The van der Waals surface area contributed by atoms with Crippen LogP contribution in [0.4, 0.5) is 0 Å². The molecule has 2 fully saturated rings. The molecule has 12 heteroatoms. The first kappa shape index (κ1) is 17.5. The zero-order valence-electron chi connectivity index (χ0n) is 11.4. The van der Waals surface area contributed by atoms with Crippen LogP contribution in [0.5, 0.6) is 0 Å². The summed E-state index contributed by atoms with van der Waals surface area (Å²) < 4.78 is 13.0. The first-order valence-corrected chi connectivity index (χ1v) is 6.29. The van der Waals surface area contributed by atoms with Gasteiger partial charge in [0.15, 0.2) is 11.7 Å². The van der Waals surface area contributed by atoms with E-state index >= 15 is 0 Å². The van der Waals surface area contributed by atoms with Crippen LogP contribution >= 0.6 is 0 Å². The van der Waals surface area contributed by atoms with Gasteiger partial charge in [0.25, 0.3) is 0 Å². The molecule has 23 heavy (non-hydrogen) atoms. The van der Waals surface area contributed by atoms with Gasteiger partial charge >= 0.3 is 29.7 Å². The molecule has 0 radical (unpaired) electrons. The van der Waals surface area contributed by atoms with Gasteiger partial charge in [0.2, 0.25) is 0 Å². The number of aliphatic hydroxyl groups is 6. The lowest BCUT2D eigenvalue weighted by atomic mass is 9.95. The minimum absolute atomic E-state index is 1.10. The second-order valence-electron chi connectivity index (χ2n) is 5.20. The molecule has 2 aliphatic heterocycles. The van der Waals surface area contributed by atoms with E-state index < -0.39 is 66.9 Å². The maximum atomic E-state index is 11.8. The van der Waals surface area contributed by atoms with E-state index in [0.29, 0.717) is 0 Å². The fourth-order valence-corrected chi connectivity index (χ4v) is 2.14. The van der Waals surface area contributed by atoms with Crippen molar-refractivity contribution < 1.29 is 59.2 Å². The molecule has 12 nitrogen and oxygen atoms in total. The van der Waals surface area contributed by atoms with Crippen LogP contribution < -0.4 is 0 Å².